The number of benzene rings is 1. The lowest BCUT2D eigenvalue weighted by Gasteiger charge is -2.31. The molecule has 1 saturated heterocycles. The highest BCUT2D eigenvalue weighted by Crippen LogP contribution is 2.37. The van der Waals surface area contributed by atoms with Gasteiger partial charge in [0.1, 0.15) is 6.10 Å². The number of hydrogen-bond acceptors (Lipinski definition) is 3. The standard InChI is InChI=1S/C18H27N3O2/c1-2-14-6-8-15(9-7-14)21-17(19)20-12-16-13-22-18(23-16)10-4-3-5-11-18/h6-9,16H,2-5,10-13H2,1H3,(H3,19,20,21). The topological polar surface area (TPSA) is 68.9 Å². The molecule has 1 spiro atoms. The van der Waals surface area contributed by atoms with Crippen molar-refractivity contribution >= 4 is 11.6 Å². The number of nitrogens with two attached hydrogens (primary N) is 1. The summed E-state index contributed by atoms with van der Waals surface area (Å²) in [5.74, 6) is 0.0822. The molecular weight excluding hydrogens is 290 g/mol. The molecule has 3 rings (SSSR count). The van der Waals surface area contributed by atoms with Crippen LogP contribution in [0.1, 0.15) is 44.6 Å². The van der Waals surface area contributed by atoms with Crippen molar-refractivity contribution in [2.75, 3.05) is 18.5 Å². The summed E-state index contributed by atoms with van der Waals surface area (Å²) in [5.41, 5.74) is 8.23. The summed E-state index contributed by atoms with van der Waals surface area (Å²) in [7, 11) is 0. The Bertz CT molecular complexity index is 536. The Hall–Kier alpha value is -1.59. The first-order chi connectivity index (χ1) is 11.2. The van der Waals surface area contributed by atoms with Crippen molar-refractivity contribution in [3.8, 4) is 0 Å². The van der Waals surface area contributed by atoms with Crippen LogP contribution in [-0.4, -0.2) is 31.0 Å². The van der Waals surface area contributed by atoms with Crippen molar-refractivity contribution in [3.63, 3.8) is 0 Å². The van der Waals surface area contributed by atoms with Gasteiger partial charge < -0.3 is 20.5 Å². The molecule has 1 heterocycles. The average molecular weight is 317 g/mol. The largest absolute Gasteiger partial charge is 0.370 e. The van der Waals surface area contributed by atoms with E-state index in [2.05, 4.69) is 29.4 Å². The maximum absolute atomic E-state index is 6.11. The van der Waals surface area contributed by atoms with E-state index in [0.29, 0.717) is 19.1 Å². The van der Waals surface area contributed by atoms with Gasteiger partial charge in [-0.1, -0.05) is 25.5 Å². The number of rotatable bonds is 4. The predicted octanol–water partition coefficient (Wildman–Crippen LogP) is 3.05. The minimum Gasteiger partial charge on any atom is -0.370 e. The van der Waals surface area contributed by atoms with Crippen LogP contribution in [0.3, 0.4) is 0 Å². The van der Waals surface area contributed by atoms with E-state index in [-0.39, 0.29) is 11.9 Å². The van der Waals surface area contributed by atoms with E-state index in [1.807, 2.05) is 12.1 Å². The molecular formula is C18H27N3O2. The molecule has 0 amide bonds. The number of anilines is 1. The monoisotopic (exact) mass is 317 g/mol. The van der Waals surface area contributed by atoms with Gasteiger partial charge in [0.15, 0.2) is 11.7 Å². The minimum atomic E-state index is -0.337. The molecule has 1 atom stereocenters. The van der Waals surface area contributed by atoms with Crippen LogP contribution in [-0.2, 0) is 15.9 Å². The molecule has 23 heavy (non-hydrogen) atoms. The number of guanidine groups is 1. The van der Waals surface area contributed by atoms with Gasteiger partial charge in [-0.15, -0.1) is 0 Å². The normalized spacial score (nSPS) is 24.0. The summed E-state index contributed by atoms with van der Waals surface area (Å²) in [5, 5.41) is 3.12. The molecule has 5 nitrogen and oxygen atoms in total. The van der Waals surface area contributed by atoms with E-state index in [9.17, 15) is 0 Å². The summed E-state index contributed by atoms with van der Waals surface area (Å²) in [4.78, 5) is 4.40. The maximum atomic E-state index is 6.11. The Kier molecular flexibility index (Phi) is 5.18. The van der Waals surface area contributed by atoms with Crippen LogP contribution in [0.15, 0.2) is 29.3 Å². The molecule has 2 fully saturated rings. The Labute approximate surface area is 138 Å². The smallest absolute Gasteiger partial charge is 0.193 e. The Morgan fingerprint density at radius 2 is 2.00 bits per heavy atom. The first-order valence-electron chi connectivity index (χ1n) is 8.67. The first-order valence-corrected chi connectivity index (χ1v) is 8.67. The first kappa shape index (κ1) is 16.3. The maximum Gasteiger partial charge on any atom is 0.193 e. The number of ether oxygens (including phenoxy) is 2. The zero-order valence-electron chi connectivity index (χ0n) is 13.9. The molecule has 1 unspecified atom stereocenters. The summed E-state index contributed by atoms with van der Waals surface area (Å²) in [6.07, 6.45) is 6.71. The molecule has 0 aromatic heterocycles. The van der Waals surface area contributed by atoms with Crippen LogP contribution < -0.4 is 11.1 Å². The third-order valence-electron chi connectivity index (χ3n) is 4.63. The fourth-order valence-corrected chi connectivity index (χ4v) is 3.27. The van der Waals surface area contributed by atoms with Gasteiger partial charge in [0.2, 0.25) is 0 Å². The summed E-state index contributed by atoms with van der Waals surface area (Å²) in [6.45, 7) is 3.29. The second-order valence-electron chi connectivity index (χ2n) is 6.42. The minimum absolute atomic E-state index is 0.0101. The Morgan fingerprint density at radius 3 is 2.70 bits per heavy atom. The zero-order chi connectivity index (χ0) is 16.1. The van der Waals surface area contributed by atoms with Gasteiger partial charge in [-0.05, 0) is 37.0 Å². The third kappa shape index (κ3) is 4.24. The lowest BCUT2D eigenvalue weighted by molar-refractivity contribution is -0.186. The van der Waals surface area contributed by atoms with Crippen LogP contribution >= 0.6 is 0 Å². The van der Waals surface area contributed by atoms with E-state index in [0.717, 1.165) is 24.9 Å². The molecule has 1 aromatic rings. The van der Waals surface area contributed by atoms with Crippen LogP contribution in [0.2, 0.25) is 0 Å². The van der Waals surface area contributed by atoms with E-state index in [1.165, 1.54) is 24.8 Å². The van der Waals surface area contributed by atoms with Crippen LogP contribution in [0, 0.1) is 0 Å². The van der Waals surface area contributed by atoms with E-state index >= 15 is 0 Å². The molecule has 126 valence electrons. The number of aryl methyl sites for hydroxylation is 1. The van der Waals surface area contributed by atoms with Crippen molar-refractivity contribution in [3.05, 3.63) is 29.8 Å². The molecule has 2 aliphatic rings. The molecule has 0 bridgehead atoms. The van der Waals surface area contributed by atoms with E-state index < -0.39 is 0 Å². The number of nitrogens with zero attached hydrogens (tertiary/aromatic N) is 1. The van der Waals surface area contributed by atoms with E-state index in [4.69, 9.17) is 15.2 Å². The second-order valence-corrected chi connectivity index (χ2v) is 6.42. The highest BCUT2D eigenvalue weighted by atomic mass is 16.7. The highest BCUT2D eigenvalue weighted by molar-refractivity contribution is 5.92. The lowest BCUT2D eigenvalue weighted by atomic mass is 9.94. The van der Waals surface area contributed by atoms with Crippen molar-refractivity contribution in [2.45, 2.75) is 57.3 Å². The van der Waals surface area contributed by atoms with Crippen molar-refractivity contribution in [2.24, 2.45) is 10.7 Å². The molecule has 3 N–H and O–H groups in total. The third-order valence-corrected chi connectivity index (χ3v) is 4.63. The van der Waals surface area contributed by atoms with Crippen LogP contribution in [0.5, 0.6) is 0 Å². The SMILES string of the molecule is CCc1ccc(NC(N)=NCC2COC3(CCCCC3)O2)cc1. The van der Waals surface area contributed by atoms with Gasteiger partial charge in [0.25, 0.3) is 0 Å². The molecule has 1 aliphatic heterocycles. The molecule has 1 aliphatic carbocycles. The van der Waals surface area contributed by atoms with Gasteiger partial charge in [-0.2, -0.15) is 0 Å². The van der Waals surface area contributed by atoms with Crippen LogP contribution in [0.4, 0.5) is 5.69 Å². The summed E-state index contributed by atoms with van der Waals surface area (Å²) in [6, 6.07) is 8.23. The highest BCUT2D eigenvalue weighted by Gasteiger charge is 2.41. The van der Waals surface area contributed by atoms with Crippen LogP contribution in [0.25, 0.3) is 0 Å². The fourth-order valence-electron chi connectivity index (χ4n) is 3.27. The van der Waals surface area contributed by atoms with Crippen molar-refractivity contribution in [1.29, 1.82) is 0 Å². The number of aliphatic imine (C=N–C) groups is 1. The number of hydrogen-bond donors (Lipinski definition) is 2. The lowest BCUT2D eigenvalue weighted by Crippen LogP contribution is -2.34. The van der Waals surface area contributed by atoms with Gasteiger partial charge in [-0.3, -0.25) is 4.99 Å². The predicted molar refractivity (Wildman–Crippen MR) is 92.6 cm³/mol. The van der Waals surface area contributed by atoms with Gasteiger partial charge in [-0.25, -0.2) is 0 Å². The van der Waals surface area contributed by atoms with Gasteiger partial charge in [0.05, 0.1) is 13.2 Å². The Morgan fingerprint density at radius 1 is 1.26 bits per heavy atom. The molecule has 1 saturated carbocycles. The second kappa shape index (κ2) is 7.32. The van der Waals surface area contributed by atoms with Crippen molar-refractivity contribution < 1.29 is 9.47 Å². The van der Waals surface area contributed by atoms with E-state index in [1.54, 1.807) is 0 Å². The van der Waals surface area contributed by atoms with Crippen molar-refractivity contribution in [1.82, 2.24) is 0 Å². The average Bonchev–Trinajstić information content (AvgIpc) is 2.97. The number of nitrogens with one attached hydrogen (secondary N) is 1. The summed E-state index contributed by atoms with van der Waals surface area (Å²) < 4.78 is 12.0. The Balaban J connectivity index is 1.49. The summed E-state index contributed by atoms with van der Waals surface area (Å²) >= 11 is 0. The van der Waals surface area contributed by atoms with Gasteiger partial charge >= 0.3 is 0 Å². The van der Waals surface area contributed by atoms with Gasteiger partial charge in [0, 0.05) is 18.5 Å². The zero-order valence-corrected chi connectivity index (χ0v) is 13.9. The molecule has 0 radical (unpaired) electrons. The molecule has 5 heteroatoms. The fraction of sp³-hybridized carbons (Fsp3) is 0.611. The quantitative estimate of drug-likeness (QED) is 0.661. The molecule has 1 aromatic carbocycles.